The van der Waals surface area contributed by atoms with Gasteiger partial charge in [-0.3, -0.25) is 0 Å². The van der Waals surface area contributed by atoms with Crippen molar-refractivity contribution < 1.29 is 0 Å². The summed E-state index contributed by atoms with van der Waals surface area (Å²) in [6.45, 7) is 1.97. The van der Waals surface area contributed by atoms with E-state index >= 15 is 0 Å². The smallest absolute Gasteiger partial charge is 0.185 e. The van der Waals surface area contributed by atoms with Crippen LogP contribution in [0.3, 0.4) is 0 Å². The maximum atomic E-state index is 5.94. The van der Waals surface area contributed by atoms with Gasteiger partial charge in [0, 0.05) is 0 Å². The van der Waals surface area contributed by atoms with Gasteiger partial charge in [0.15, 0.2) is 5.11 Å². The highest BCUT2D eigenvalue weighted by molar-refractivity contribution is 7.80. The molecule has 0 amide bonds. The van der Waals surface area contributed by atoms with Gasteiger partial charge in [-0.05, 0) is 36.8 Å². The van der Waals surface area contributed by atoms with Crippen LogP contribution in [0.2, 0.25) is 5.02 Å². The van der Waals surface area contributed by atoms with Gasteiger partial charge in [0.2, 0.25) is 0 Å². The van der Waals surface area contributed by atoms with E-state index in [1.54, 1.807) is 0 Å². The molecule has 3 nitrogen and oxygen atoms in total. The number of nitrogens with one attached hydrogen (secondary N) is 2. The van der Waals surface area contributed by atoms with Crippen LogP contribution in [0.25, 0.3) is 0 Å². The fraction of sp³-hybridized carbons (Fsp3) is 0.125. The first kappa shape index (κ1) is 10.2. The van der Waals surface area contributed by atoms with E-state index < -0.39 is 0 Å². The molecule has 0 saturated heterocycles. The molecule has 0 fully saturated rings. The lowest BCUT2D eigenvalue weighted by Crippen LogP contribution is -2.34. The highest BCUT2D eigenvalue weighted by atomic mass is 35.5. The zero-order chi connectivity index (χ0) is 9.84. The van der Waals surface area contributed by atoms with E-state index in [-0.39, 0.29) is 0 Å². The number of benzene rings is 1. The largest absolute Gasteiger partial charge is 0.330 e. The van der Waals surface area contributed by atoms with Crippen molar-refractivity contribution in [3.63, 3.8) is 0 Å². The van der Waals surface area contributed by atoms with Crippen LogP contribution in [0.5, 0.6) is 0 Å². The van der Waals surface area contributed by atoms with Crippen molar-refractivity contribution in [2.24, 2.45) is 5.84 Å². The van der Waals surface area contributed by atoms with Crippen molar-refractivity contribution in [2.45, 2.75) is 6.92 Å². The Hall–Kier alpha value is -0.840. The average Bonchev–Trinajstić information content (AvgIpc) is 2.09. The topological polar surface area (TPSA) is 50.1 Å². The quantitative estimate of drug-likeness (QED) is 0.380. The molecular weight excluding hydrogens is 206 g/mol. The monoisotopic (exact) mass is 215 g/mol. The van der Waals surface area contributed by atoms with Crippen LogP contribution in [-0.4, -0.2) is 5.11 Å². The molecule has 4 N–H and O–H groups in total. The Morgan fingerprint density at radius 2 is 2.23 bits per heavy atom. The summed E-state index contributed by atoms with van der Waals surface area (Å²) in [5, 5.41) is 3.81. The number of rotatable bonds is 1. The Labute approximate surface area is 87.2 Å². The zero-order valence-electron chi connectivity index (χ0n) is 7.10. The van der Waals surface area contributed by atoms with Crippen molar-refractivity contribution in [1.82, 2.24) is 5.43 Å². The lowest BCUT2D eigenvalue weighted by atomic mass is 10.2. The molecule has 0 aliphatic carbocycles. The number of nitrogens with two attached hydrogens (primary N) is 1. The molecule has 0 spiro atoms. The van der Waals surface area contributed by atoms with Crippen molar-refractivity contribution in [3.05, 3.63) is 28.8 Å². The normalized spacial score (nSPS) is 9.46. The van der Waals surface area contributed by atoms with E-state index in [0.29, 0.717) is 10.1 Å². The fourth-order valence-electron chi connectivity index (χ4n) is 0.880. The van der Waals surface area contributed by atoms with Gasteiger partial charge in [-0.15, -0.1) is 0 Å². The van der Waals surface area contributed by atoms with Crippen molar-refractivity contribution >= 4 is 34.6 Å². The van der Waals surface area contributed by atoms with E-state index in [0.717, 1.165) is 11.3 Å². The van der Waals surface area contributed by atoms with E-state index in [1.807, 2.05) is 25.1 Å². The van der Waals surface area contributed by atoms with Crippen LogP contribution in [0, 0.1) is 6.92 Å². The molecule has 0 bridgehead atoms. The second kappa shape index (κ2) is 4.41. The Kier molecular flexibility index (Phi) is 3.48. The summed E-state index contributed by atoms with van der Waals surface area (Å²) in [6.07, 6.45) is 0. The number of thiocarbonyl (C=S) groups is 1. The number of anilines is 1. The second-order valence-electron chi connectivity index (χ2n) is 2.58. The van der Waals surface area contributed by atoms with Gasteiger partial charge in [-0.2, -0.15) is 0 Å². The van der Waals surface area contributed by atoms with E-state index in [9.17, 15) is 0 Å². The minimum absolute atomic E-state index is 0.339. The highest BCUT2D eigenvalue weighted by Crippen LogP contribution is 2.22. The molecule has 1 aromatic rings. The fourth-order valence-corrected chi connectivity index (χ4v) is 1.27. The molecule has 0 atom stereocenters. The molecule has 0 radical (unpaired) electrons. The Balaban J connectivity index is 2.83. The van der Waals surface area contributed by atoms with Gasteiger partial charge in [0.1, 0.15) is 0 Å². The van der Waals surface area contributed by atoms with Gasteiger partial charge >= 0.3 is 0 Å². The van der Waals surface area contributed by atoms with E-state index in [1.165, 1.54) is 0 Å². The molecule has 0 aromatic heterocycles. The first-order valence-corrected chi connectivity index (χ1v) is 4.46. The molecule has 0 aliphatic rings. The third-order valence-electron chi connectivity index (χ3n) is 1.50. The maximum Gasteiger partial charge on any atom is 0.185 e. The molecule has 5 heteroatoms. The van der Waals surface area contributed by atoms with E-state index in [4.69, 9.17) is 29.7 Å². The van der Waals surface area contributed by atoms with Crippen LogP contribution in [0.1, 0.15) is 5.56 Å². The second-order valence-corrected chi connectivity index (χ2v) is 3.40. The van der Waals surface area contributed by atoms with Crippen LogP contribution >= 0.6 is 23.8 Å². The Bertz CT molecular complexity index is 327. The van der Waals surface area contributed by atoms with Gasteiger partial charge < -0.3 is 10.7 Å². The lowest BCUT2D eigenvalue weighted by Gasteiger charge is -2.08. The molecule has 1 aromatic carbocycles. The minimum Gasteiger partial charge on any atom is -0.330 e. The van der Waals surface area contributed by atoms with Crippen LogP contribution in [0.15, 0.2) is 18.2 Å². The van der Waals surface area contributed by atoms with Gasteiger partial charge in [0.25, 0.3) is 0 Å². The molecule has 70 valence electrons. The molecule has 0 aliphatic heterocycles. The highest BCUT2D eigenvalue weighted by Gasteiger charge is 2.00. The zero-order valence-corrected chi connectivity index (χ0v) is 8.67. The lowest BCUT2D eigenvalue weighted by molar-refractivity contribution is 1.04. The predicted molar refractivity (Wildman–Crippen MR) is 59.7 cm³/mol. The summed E-state index contributed by atoms with van der Waals surface area (Å²) in [5.74, 6) is 5.10. The summed E-state index contributed by atoms with van der Waals surface area (Å²) < 4.78 is 0. The first-order chi connectivity index (χ1) is 6.13. The van der Waals surface area contributed by atoms with Gasteiger partial charge in [-0.1, -0.05) is 17.7 Å². The summed E-state index contributed by atoms with van der Waals surface area (Å²) in [7, 11) is 0. The number of hydrogen-bond donors (Lipinski definition) is 3. The van der Waals surface area contributed by atoms with Crippen molar-refractivity contribution in [3.8, 4) is 0 Å². The van der Waals surface area contributed by atoms with Crippen LogP contribution < -0.4 is 16.6 Å². The van der Waals surface area contributed by atoms with Gasteiger partial charge in [0.05, 0.1) is 10.7 Å². The first-order valence-electron chi connectivity index (χ1n) is 3.67. The summed E-state index contributed by atoms with van der Waals surface area (Å²) >= 11 is 10.8. The van der Waals surface area contributed by atoms with Crippen molar-refractivity contribution in [1.29, 1.82) is 0 Å². The molecule has 1 rings (SSSR count). The maximum absolute atomic E-state index is 5.94. The number of aryl methyl sites for hydroxylation is 1. The summed E-state index contributed by atoms with van der Waals surface area (Å²) in [5.41, 5.74) is 4.16. The molecule has 0 unspecified atom stereocenters. The van der Waals surface area contributed by atoms with E-state index in [2.05, 4.69) is 10.7 Å². The Morgan fingerprint density at radius 1 is 1.54 bits per heavy atom. The molecule has 0 saturated carbocycles. The SMILES string of the molecule is Cc1ccc(NC(=S)NN)c(Cl)c1. The van der Waals surface area contributed by atoms with Gasteiger partial charge in [-0.25, -0.2) is 5.84 Å². The number of hydrogen-bond acceptors (Lipinski definition) is 2. The molecule has 0 heterocycles. The standard InChI is InChI=1S/C8H10ClN3S/c1-5-2-3-7(6(9)4-5)11-8(13)12-10/h2-4H,10H2,1H3,(H2,11,12,13). The summed E-state index contributed by atoms with van der Waals surface area (Å²) in [6, 6.07) is 5.64. The van der Waals surface area contributed by atoms with Crippen LogP contribution in [0.4, 0.5) is 5.69 Å². The van der Waals surface area contributed by atoms with Crippen LogP contribution in [-0.2, 0) is 0 Å². The van der Waals surface area contributed by atoms with Crippen molar-refractivity contribution in [2.75, 3.05) is 5.32 Å². The number of hydrazine groups is 1. The average molecular weight is 216 g/mol. The predicted octanol–water partition coefficient (Wildman–Crippen LogP) is 1.81. The number of halogens is 1. The molecular formula is C8H10ClN3S. The minimum atomic E-state index is 0.339. The Morgan fingerprint density at radius 3 is 2.77 bits per heavy atom. The summed E-state index contributed by atoms with van der Waals surface area (Å²) in [4.78, 5) is 0. The molecule has 13 heavy (non-hydrogen) atoms. The third kappa shape index (κ3) is 2.84. The third-order valence-corrected chi connectivity index (χ3v) is 2.04.